The smallest absolute Gasteiger partial charge is 0.0700 e. The van der Waals surface area contributed by atoms with Crippen LogP contribution in [0, 0.1) is 6.92 Å². The summed E-state index contributed by atoms with van der Waals surface area (Å²) in [6.07, 6.45) is 0. The van der Waals surface area contributed by atoms with Crippen molar-refractivity contribution in [3.63, 3.8) is 0 Å². The minimum Gasteiger partial charge on any atom is -0.382 e. The molecule has 0 aliphatic rings. The fourth-order valence-electron chi connectivity index (χ4n) is 1.77. The van der Waals surface area contributed by atoms with Crippen LogP contribution >= 0.6 is 0 Å². The zero-order chi connectivity index (χ0) is 12.5. The molecule has 1 rings (SSSR count). The third-order valence-electron chi connectivity index (χ3n) is 2.78. The highest BCUT2D eigenvalue weighted by Crippen LogP contribution is 2.15. The van der Waals surface area contributed by atoms with Crippen molar-refractivity contribution < 1.29 is 9.47 Å². The highest BCUT2D eigenvalue weighted by atomic mass is 16.5. The van der Waals surface area contributed by atoms with Crippen LogP contribution in [0.25, 0.3) is 0 Å². The first-order chi connectivity index (χ1) is 8.25. The lowest BCUT2D eigenvalue weighted by atomic mass is 10.0. The molecule has 0 saturated heterocycles. The first kappa shape index (κ1) is 14.2. The van der Waals surface area contributed by atoms with E-state index in [4.69, 9.17) is 9.47 Å². The number of hydrogen-bond donors (Lipinski definition) is 1. The average molecular weight is 237 g/mol. The molecule has 0 fully saturated rings. The van der Waals surface area contributed by atoms with Gasteiger partial charge in [-0.2, -0.15) is 0 Å². The van der Waals surface area contributed by atoms with Gasteiger partial charge in [0.1, 0.15) is 0 Å². The van der Waals surface area contributed by atoms with Crippen molar-refractivity contribution in [3.05, 3.63) is 35.4 Å². The fourth-order valence-corrected chi connectivity index (χ4v) is 1.77. The van der Waals surface area contributed by atoms with Gasteiger partial charge in [-0.1, -0.05) is 24.3 Å². The summed E-state index contributed by atoms with van der Waals surface area (Å²) in [6.45, 7) is 7.23. The average Bonchev–Trinajstić information content (AvgIpc) is 2.34. The van der Waals surface area contributed by atoms with Gasteiger partial charge >= 0.3 is 0 Å². The Morgan fingerprint density at radius 3 is 2.65 bits per heavy atom. The standard InChI is InChI=1S/C14H23NO2/c1-12-6-4-5-7-14(12)13(2)15-8-9-17-11-10-16-3/h4-7,13,15H,8-11H2,1-3H3/t13-/m0/s1. The number of rotatable bonds is 8. The van der Waals surface area contributed by atoms with Crippen LogP contribution in [-0.4, -0.2) is 33.5 Å². The van der Waals surface area contributed by atoms with Crippen molar-refractivity contribution in [2.75, 3.05) is 33.5 Å². The molecule has 1 aromatic rings. The molecule has 3 heteroatoms. The van der Waals surface area contributed by atoms with Gasteiger partial charge in [0.05, 0.1) is 19.8 Å². The fraction of sp³-hybridized carbons (Fsp3) is 0.571. The molecule has 0 bridgehead atoms. The Hall–Kier alpha value is -0.900. The van der Waals surface area contributed by atoms with E-state index >= 15 is 0 Å². The summed E-state index contributed by atoms with van der Waals surface area (Å²) < 4.78 is 10.3. The molecule has 1 N–H and O–H groups in total. The largest absolute Gasteiger partial charge is 0.382 e. The van der Waals surface area contributed by atoms with Crippen molar-refractivity contribution >= 4 is 0 Å². The summed E-state index contributed by atoms with van der Waals surface area (Å²) in [4.78, 5) is 0. The summed E-state index contributed by atoms with van der Waals surface area (Å²) in [5.74, 6) is 0. The van der Waals surface area contributed by atoms with Gasteiger partial charge in [0.2, 0.25) is 0 Å². The molecule has 0 radical (unpaired) electrons. The topological polar surface area (TPSA) is 30.5 Å². The molecule has 1 atom stereocenters. The van der Waals surface area contributed by atoms with Gasteiger partial charge in [-0.25, -0.2) is 0 Å². The third-order valence-corrected chi connectivity index (χ3v) is 2.78. The number of hydrogen-bond acceptors (Lipinski definition) is 3. The first-order valence-corrected chi connectivity index (χ1v) is 6.11. The number of aryl methyl sites for hydroxylation is 1. The Kier molecular flexibility index (Phi) is 6.86. The summed E-state index contributed by atoms with van der Waals surface area (Å²) in [6, 6.07) is 8.82. The molecule has 17 heavy (non-hydrogen) atoms. The Morgan fingerprint density at radius 2 is 1.94 bits per heavy atom. The Morgan fingerprint density at radius 1 is 1.18 bits per heavy atom. The van der Waals surface area contributed by atoms with Crippen LogP contribution in [-0.2, 0) is 9.47 Å². The minimum atomic E-state index is 0.363. The minimum absolute atomic E-state index is 0.363. The lowest BCUT2D eigenvalue weighted by Crippen LogP contribution is -2.24. The van der Waals surface area contributed by atoms with E-state index < -0.39 is 0 Å². The van der Waals surface area contributed by atoms with Crippen LogP contribution < -0.4 is 5.32 Å². The second-order valence-electron chi connectivity index (χ2n) is 4.14. The molecular weight excluding hydrogens is 214 g/mol. The van der Waals surface area contributed by atoms with Gasteiger partial charge in [0.15, 0.2) is 0 Å². The highest BCUT2D eigenvalue weighted by molar-refractivity contribution is 5.28. The summed E-state index contributed by atoms with van der Waals surface area (Å²) >= 11 is 0. The van der Waals surface area contributed by atoms with E-state index in [-0.39, 0.29) is 0 Å². The maximum Gasteiger partial charge on any atom is 0.0700 e. The SMILES string of the molecule is COCCOCCN[C@@H](C)c1ccccc1C. The van der Waals surface area contributed by atoms with Crippen LogP contribution in [0.15, 0.2) is 24.3 Å². The predicted molar refractivity (Wildman–Crippen MR) is 70.3 cm³/mol. The molecule has 0 unspecified atom stereocenters. The molecule has 0 spiro atoms. The molecule has 0 aliphatic heterocycles. The van der Waals surface area contributed by atoms with Gasteiger partial charge in [-0.05, 0) is 25.0 Å². The quantitative estimate of drug-likeness (QED) is 0.704. The van der Waals surface area contributed by atoms with Gasteiger partial charge < -0.3 is 14.8 Å². The van der Waals surface area contributed by atoms with E-state index in [1.807, 2.05) is 0 Å². The highest BCUT2D eigenvalue weighted by Gasteiger charge is 2.06. The number of benzene rings is 1. The van der Waals surface area contributed by atoms with Gasteiger partial charge in [0, 0.05) is 19.7 Å². The lowest BCUT2D eigenvalue weighted by molar-refractivity contribution is 0.0712. The van der Waals surface area contributed by atoms with Gasteiger partial charge in [0.25, 0.3) is 0 Å². The molecule has 1 aromatic carbocycles. The third kappa shape index (κ3) is 5.31. The number of methoxy groups -OCH3 is 1. The van der Waals surface area contributed by atoms with E-state index in [9.17, 15) is 0 Å². The van der Waals surface area contributed by atoms with Crippen LogP contribution in [0.1, 0.15) is 24.1 Å². The Balaban J connectivity index is 2.21. The second-order valence-corrected chi connectivity index (χ2v) is 4.14. The van der Waals surface area contributed by atoms with E-state index in [1.165, 1.54) is 11.1 Å². The van der Waals surface area contributed by atoms with Crippen molar-refractivity contribution in [3.8, 4) is 0 Å². The molecule has 3 nitrogen and oxygen atoms in total. The summed E-state index contributed by atoms with van der Waals surface area (Å²) in [5.41, 5.74) is 2.68. The summed E-state index contributed by atoms with van der Waals surface area (Å²) in [5, 5.41) is 3.45. The molecule has 0 heterocycles. The second kappa shape index (κ2) is 8.23. The maximum absolute atomic E-state index is 5.40. The van der Waals surface area contributed by atoms with Crippen LogP contribution in [0.2, 0.25) is 0 Å². The van der Waals surface area contributed by atoms with Crippen LogP contribution in [0.4, 0.5) is 0 Å². The predicted octanol–water partition coefficient (Wildman–Crippen LogP) is 2.31. The van der Waals surface area contributed by atoms with Gasteiger partial charge in [-0.3, -0.25) is 0 Å². The van der Waals surface area contributed by atoms with Crippen molar-refractivity contribution in [2.24, 2.45) is 0 Å². The summed E-state index contributed by atoms with van der Waals surface area (Å²) in [7, 11) is 1.68. The molecule has 0 saturated carbocycles. The van der Waals surface area contributed by atoms with Crippen LogP contribution in [0.3, 0.4) is 0 Å². The van der Waals surface area contributed by atoms with E-state index in [1.54, 1.807) is 7.11 Å². The zero-order valence-electron chi connectivity index (χ0n) is 11.0. The number of nitrogens with one attached hydrogen (secondary N) is 1. The van der Waals surface area contributed by atoms with Crippen LogP contribution in [0.5, 0.6) is 0 Å². The lowest BCUT2D eigenvalue weighted by Gasteiger charge is -2.16. The van der Waals surface area contributed by atoms with E-state index in [0.717, 1.165) is 13.2 Å². The molecular formula is C14H23NO2. The van der Waals surface area contributed by atoms with Crippen molar-refractivity contribution in [1.82, 2.24) is 5.32 Å². The normalized spacial score (nSPS) is 12.6. The maximum atomic E-state index is 5.40. The van der Waals surface area contributed by atoms with Crippen molar-refractivity contribution in [1.29, 1.82) is 0 Å². The molecule has 0 aliphatic carbocycles. The van der Waals surface area contributed by atoms with Gasteiger partial charge in [-0.15, -0.1) is 0 Å². The Bertz CT molecular complexity index is 315. The molecule has 96 valence electrons. The van der Waals surface area contributed by atoms with E-state index in [2.05, 4.69) is 43.4 Å². The first-order valence-electron chi connectivity index (χ1n) is 6.11. The molecule has 0 aromatic heterocycles. The zero-order valence-corrected chi connectivity index (χ0v) is 11.0. The van der Waals surface area contributed by atoms with Crippen molar-refractivity contribution in [2.45, 2.75) is 19.9 Å². The number of ether oxygens (including phenoxy) is 2. The Labute approximate surface area is 104 Å². The molecule has 0 amide bonds. The van der Waals surface area contributed by atoms with E-state index in [0.29, 0.717) is 19.3 Å². The monoisotopic (exact) mass is 237 g/mol.